The second-order valence-corrected chi connectivity index (χ2v) is 8.27. The summed E-state index contributed by atoms with van der Waals surface area (Å²) in [6.45, 7) is 2.01. The Bertz CT molecular complexity index is 1110. The Morgan fingerprint density at radius 1 is 0.903 bits per heavy atom. The van der Waals surface area contributed by atoms with Crippen LogP contribution in [0.25, 0.3) is 5.69 Å². The first-order chi connectivity index (χ1) is 15.2. The molecule has 1 aromatic heterocycles. The number of nitrogens with one attached hydrogen (secondary N) is 1. The van der Waals surface area contributed by atoms with E-state index in [1.54, 1.807) is 0 Å². The average molecular weight is 429 g/mol. The van der Waals surface area contributed by atoms with Crippen LogP contribution >= 0.6 is 11.8 Å². The molecule has 0 radical (unpaired) electrons. The van der Waals surface area contributed by atoms with Crippen molar-refractivity contribution in [1.29, 1.82) is 0 Å². The van der Waals surface area contributed by atoms with Crippen LogP contribution in [0.2, 0.25) is 0 Å². The Morgan fingerprint density at radius 2 is 1.52 bits per heavy atom. The highest BCUT2D eigenvalue weighted by Gasteiger charge is 2.23. The molecule has 3 aromatic carbocycles. The summed E-state index contributed by atoms with van der Waals surface area (Å²) in [4.78, 5) is 12.9. The fourth-order valence-electron chi connectivity index (χ4n) is 3.30. The van der Waals surface area contributed by atoms with Gasteiger partial charge in [0.15, 0.2) is 5.16 Å². The molecule has 0 spiro atoms. The number of carbonyl (C=O) groups excluding carboxylic acids is 1. The van der Waals surface area contributed by atoms with Gasteiger partial charge in [-0.2, -0.15) is 0 Å². The molecule has 0 aliphatic rings. The lowest BCUT2D eigenvalue weighted by Crippen LogP contribution is -2.25. The lowest BCUT2D eigenvalue weighted by molar-refractivity contribution is -0.115. The van der Waals surface area contributed by atoms with Crippen molar-refractivity contribution in [3.8, 4) is 5.69 Å². The minimum atomic E-state index is -0.281. The summed E-state index contributed by atoms with van der Waals surface area (Å²) in [5.41, 5.74) is 2.94. The van der Waals surface area contributed by atoms with Gasteiger partial charge in [0, 0.05) is 17.8 Å². The number of thioether (sulfide) groups is 1. The Balaban J connectivity index is 1.61. The Morgan fingerprint density at radius 3 is 2.16 bits per heavy atom. The van der Waals surface area contributed by atoms with Crippen LogP contribution in [-0.4, -0.2) is 25.9 Å². The van der Waals surface area contributed by atoms with E-state index < -0.39 is 0 Å². The minimum absolute atomic E-state index is 0.0362. The van der Waals surface area contributed by atoms with Gasteiger partial charge in [0.05, 0.1) is 5.25 Å². The maximum Gasteiger partial charge on any atom is 0.237 e. The molecule has 6 heteroatoms. The fourth-order valence-corrected chi connectivity index (χ4v) is 4.29. The Labute approximate surface area is 186 Å². The predicted octanol–water partition coefficient (Wildman–Crippen LogP) is 5.37. The molecule has 0 aliphatic carbocycles. The van der Waals surface area contributed by atoms with E-state index >= 15 is 0 Å². The number of hydrogen-bond donors (Lipinski definition) is 1. The second-order valence-electron chi connectivity index (χ2n) is 7.10. The van der Waals surface area contributed by atoms with E-state index in [9.17, 15) is 4.79 Å². The molecule has 5 nitrogen and oxygen atoms in total. The third-order valence-corrected chi connectivity index (χ3v) is 6.18. The highest BCUT2D eigenvalue weighted by molar-refractivity contribution is 8.00. The molecule has 0 bridgehead atoms. The van der Waals surface area contributed by atoms with Crippen LogP contribution in [-0.2, 0) is 11.2 Å². The molecule has 4 aromatic rings. The van der Waals surface area contributed by atoms with Crippen LogP contribution < -0.4 is 5.32 Å². The second kappa shape index (κ2) is 10.1. The maximum atomic E-state index is 12.9. The van der Waals surface area contributed by atoms with E-state index in [4.69, 9.17) is 0 Å². The largest absolute Gasteiger partial charge is 0.325 e. The van der Waals surface area contributed by atoms with Gasteiger partial charge in [-0.1, -0.05) is 85.4 Å². The Hall–Kier alpha value is -3.38. The van der Waals surface area contributed by atoms with Gasteiger partial charge < -0.3 is 5.32 Å². The molecule has 1 heterocycles. The van der Waals surface area contributed by atoms with E-state index in [1.807, 2.05) is 85.8 Å². The maximum absolute atomic E-state index is 12.9. The topological polar surface area (TPSA) is 59.8 Å². The normalized spacial score (nSPS) is 11.8. The van der Waals surface area contributed by atoms with Gasteiger partial charge >= 0.3 is 0 Å². The number of benzene rings is 3. The number of para-hydroxylation sites is 2. The summed E-state index contributed by atoms with van der Waals surface area (Å²) in [7, 11) is 0. The molecular formula is C25H24N4OS. The standard InChI is InChI=1S/C25H24N4OS/c1-2-22(24(30)26-20-14-8-4-9-15-20)31-25-28-27-23(18-19-12-6-3-7-13-19)29(25)21-16-10-5-11-17-21/h3-17,22H,2,18H2,1H3,(H,26,30)/t22-/m0/s1. The summed E-state index contributed by atoms with van der Waals surface area (Å²) in [6, 6.07) is 29.8. The molecule has 0 saturated carbocycles. The monoisotopic (exact) mass is 428 g/mol. The van der Waals surface area contributed by atoms with Crippen molar-refractivity contribution in [2.75, 3.05) is 5.32 Å². The quantitative estimate of drug-likeness (QED) is 0.384. The predicted molar refractivity (Wildman–Crippen MR) is 126 cm³/mol. The molecule has 1 N–H and O–H groups in total. The molecule has 0 saturated heterocycles. The van der Waals surface area contributed by atoms with E-state index in [-0.39, 0.29) is 11.2 Å². The molecule has 0 aliphatic heterocycles. The molecule has 0 unspecified atom stereocenters. The van der Waals surface area contributed by atoms with Crippen LogP contribution in [0.5, 0.6) is 0 Å². The number of aromatic nitrogens is 3. The molecular weight excluding hydrogens is 404 g/mol. The number of anilines is 1. The molecule has 1 atom stereocenters. The van der Waals surface area contributed by atoms with E-state index in [2.05, 4.69) is 32.2 Å². The van der Waals surface area contributed by atoms with Crippen LogP contribution in [0, 0.1) is 0 Å². The van der Waals surface area contributed by atoms with E-state index in [0.717, 1.165) is 22.8 Å². The van der Waals surface area contributed by atoms with Crippen molar-refractivity contribution in [1.82, 2.24) is 14.8 Å². The van der Waals surface area contributed by atoms with Crippen molar-refractivity contribution in [2.24, 2.45) is 0 Å². The van der Waals surface area contributed by atoms with Crippen LogP contribution in [0.4, 0.5) is 5.69 Å². The summed E-state index contributed by atoms with van der Waals surface area (Å²) < 4.78 is 2.05. The number of amides is 1. The van der Waals surface area contributed by atoms with Crippen LogP contribution in [0.1, 0.15) is 24.7 Å². The lowest BCUT2D eigenvalue weighted by atomic mass is 10.1. The number of nitrogens with zero attached hydrogens (tertiary/aromatic N) is 3. The van der Waals surface area contributed by atoms with E-state index in [1.165, 1.54) is 11.8 Å². The van der Waals surface area contributed by atoms with Crippen molar-refractivity contribution in [3.05, 3.63) is 102 Å². The first-order valence-electron chi connectivity index (χ1n) is 10.3. The summed E-state index contributed by atoms with van der Waals surface area (Å²) in [5, 5.41) is 12.4. The average Bonchev–Trinajstić information content (AvgIpc) is 3.21. The van der Waals surface area contributed by atoms with Gasteiger partial charge in [-0.3, -0.25) is 9.36 Å². The summed E-state index contributed by atoms with van der Waals surface area (Å²) >= 11 is 1.45. The smallest absolute Gasteiger partial charge is 0.237 e. The van der Waals surface area contributed by atoms with Gasteiger partial charge in [-0.05, 0) is 36.2 Å². The number of carbonyl (C=O) groups is 1. The van der Waals surface area contributed by atoms with Crippen LogP contribution in [0.15, 0.2) is 96.2 Å². The van der Waals surface area contributed by atoms with Gasteiger partial charge in [-0.25, -0.2) is 0 Å². The number of hydrogen-bond acceptors (Lipinski definition) is 4. The van der Waals surface area contributed by atoms with Gasteiger partial charge in [0.2, 0.25) is 5.91 Å². The van der Waals surface area contributed by atoms with Crippen molar-refractivity contribution >= 4 is 23.4 Å². The summed E-state index contributed by atoms with van der Waals surface area (Å²) in [5.74, 6) is 0.809. The van der Waals surface area contributed by atoms with Crippen molar-refractivity contribution in [3.63, 3.8) is 0 Å². The third kappa shape index (κ3) is 5.22. The highest BCUT2D eigenvalue weighted by Crippen LogP contribution is 2.29. The first-order valence-corrected chi connectivity index (χ1v) is 11.2. The molecule has 1 amide bonds. The van der Waals surface area contributed by atoms with Crippen molar-refractivity contribution in [2.45, 2.75) is 30.2 Å². The van der Waals surface area contributed by atoms with Crippen molar-refractivity contribution < 1.29 is 4.79 Å². The number of rotatable bonds is 8. The van der Waals surface area contributed by atoms with Crippen LogP contribution in [0.3, 0.4) is 0 Å². The highest BCUT2D eigenvalue weighted by atomic mass is 32.2. The zero-order valence-electron chi connectivity index (χ0n) is 17.3. The zero-order valence-corrected chi connectivity index (χ0v) is 18.1. The first kappa shape index (κ1) is 20.9. The summed E-state index contributed by atoms with van der Waals surface area (Å²) in [6.07, 6.45) is 1.34. The van der Waals surface area contributed by atoms with Gasteiger partial charge in [0.1, 0.15) is 5.82 Å². The third-order valence-electron chi connectivity index (χ3n) is 4.87. The lowest BCUT2D eigenvalue weighted by Gasteiger charge is -2.16. The minimum Gasteiger partial charge on any atom is -0.325 e. The van der Waals surface area contributed by atoms with Gasteiger partial charge in [-0.15, -0.1) is 10.2 Å². The SMILES string of the molecule is CC[C@H](Sc1nnc(Cc2ccccc2)n1-c1ccccc1)C(=O)Nc1ccccc1. The molecule has 4 rings (SSSR count). The fraction of sp³-hybridized carbons (Fsp3) is 0.160. The van der Waals surface area contributed by atoms with E-state index in [0.29, 0.717) is 18.0 Å². The zero-order chi connectivity index (χ0) is 21.5. The molecule has 31 heavy (non-hydrogen) atoms. The molecule has 156 valence electrons. The van der Waals surface area contributed by atoms with Gasteiger partial charge in [0.25, 0.3) is 0 Å². The Kier molecular flexibility index (Phi) is 6.79. The molecule has 0 fully saturated rings.